The van der Waals surface area contributed by atoms with Gasteiger partial charge in [-0.25, -0.2) is 0 Å². The summed E-state index contributed by atoms with van der Waals surface area (Å²) >= 11 is 0. The van der Waals surface area contributed by atoms with Crippen LogP contribution in [0.15, 0.2) is 188 Å². The molecule has 46 heavy (non-hydrogen) atoms. The first-order valence-electron chi connectivity index (χ1n) is 16.0. The topological polar surface area (TPSA) is 6.48 Å². The van der Waals surface area contributed by atoms with Gasteiger partial charge >= 0.3 is 0 Å². The van der Waals surface area contributed by atoms with Crippen molar-refractivity contribution in [2.24, 2.45) is 0 Å². The van der Waals surface area contributed by atoms with Crippen LogP contribution in [0.1, 0.15) is 12.0 Å². The maximum atomic E-state index is 2.48. The largest absolute Gasteiger partial charge is 0.334 e. The summed E-state index contributed by atoms with van der Waals surface area (Å²) in [6.45, 7) is 0. The third-order valence-electron chi connectivity index (χ3n) is 8.95. The lowest BCUT2D eigenvalue weighted by molar-refractivity contribution is 0.789. The van der Waals surface area contributed by atoms with Crippen molar-refractivity contribution in [3.63, 3.8) is 0 Å². The number of rotatable bonds is 7. The van der Waals surface area contributed by atoms with Gasteiger partial charge in [0, 0.05) is 33.5 Å². The van der Waals surface area contributed by atoms with Gasteiger partial charge in [-0.3, -0.25) is 0 Å². The average molecular weight is 591 g/mol. The maximum Gasteiger partial charge on any atom is 0.0560 e. The minimum atomic E-state index is 0.205. The second kappa shape index (κ2) is 12.3. The van der Waals surface area contributed by atoms with Crippen LogP contribution in [-0.2, 0) is 0 Å². The molecule has 0 amide bonds. The molecule has 1 aliphatic carbocycles. The van der Waals surface area contributed by atoms with Crippen LogP contribution in [0.2, 0.25) is 0 Å². The van der Waals surface area contributed by atoms with Crippen LogP contribution in [0.4, 0.5) is 28.4 Å². The molecule has 0 aliphatic heterocycles. The molecule has 220 valence electrons. The molecule has 2 nitrogen and oxygen atoms in total. The zero-order valence-corrected chi connectivity index (χ0v) is 25.6. The summed E-state index contributed by atoms with van der Waals surface area (Å²) in [5.74, 6) is 0. The smallest absolute Gasteiger partial charge is 0.0560 e. The van der Waals surface area contributed by atoms with Gasteiger partial charge in [-0.1, -0.05) is 140 Å². The minimum Gasteiger partial charge on any atom is -0.334 e. The molecule has 0 aromatic heterocycles. The Morgan fingerprint density at radius 3 is 1.59 bits per heavy atom. The molecule has 0 radical (unpaired) electrons. The molecule has 1 unspecified atom stereocenters. The quantitative estimate of drug-likeness (QED) is 0.182. The molecule has 0 bridgehead atoms. The summed E-state index contributed by atoms with van der Waals surface area (Å²) in [6.07, 6.45) is 7.96. The average Bonchev–Trinajstić information content (AvgIpc) is 3.14. The summed E-state index contributed by atoms with van der Waals surface area (Å²) in [7, 11) is 0. The van der Waals surface area contributed by atoms with E-state index in [-0.39, 0.29) is 6.04 Å². The Hall–Kier alpha value is -5.86. The van der Waals surface area contributed by atoms with Crippen molar-refractivity contribution in [1.29, 1.82) is 0 Å². The van der Waals surface area contributed by atoms with E-state index in [2.05, 4.69) is 198 Å². The van der Waals surface area contributed by atoms with Crippen LogP contribution in [-0.4, -0.2) is 6.04 Å². The van der Waals surface area contributed by atoms with E-state index in [4.69, 9.17) is 0 Å². The summed E-state index contributed by atoms with van der Waals surface area (Å²) in [4.78, 5) is 4.84. The fraction of sp³-hybridized carbons (Fsp3) is 0.0455. The van der Waals surface area contributed by atoms with E-state index < -0.39 is 0 Å². The molecule has 8 rings (SSSR count). The maximum absolute atomic E-state index is 2.48. The van der Waals surface area contributed by atoms with Gasteiger partial charge in [0.25, 0.3) is 0 Å². The fourth-order valence-electron chi connectivity index (χ4n) is 6.74. The van der Waals surface area contributed by atoms with Crippen molar-refractivity contribution in [2.75, 3.05) is 9.80 Å². The second-order valence-corrected chi connectivity index (χ2v) is 11.7. The van der Waals surface area contributed by atoms with Crippen molar-refractivity contribution < 1.29 is 0 Å². The van der Waals surface area contributed by atoms with Crippen LogP contribution in [0, 0.1) is 0 Å². The van der Waals surface area contributed by atoms with E-state index in [0.29, 0.717) is 0 Å². The number of para-hydroxylation sites is 2. The van der Waals surface area contributed by atoms with Crippen LogP contribution in [0.3, 0.4) is 0 Å². The third-order valence-corrected chi connectivity index (χ3v) is 8.95. The predicted molar refractivity (Wildman–Crippen MR) is 197 cm³/mol. The Morgan fingerprint density at radius 2 is 0.957 bits per heavy atom. The van der Waals surface area contributed by atoms with E-state index in [9.17, 15) is 0 Å². The van der Waals surface area contributed by atoms with E-state index in [1.165, 1.54) is 49.7 Å². The van der Waals surface area contributed by atoms with E-state index >= 15 is 0 Å². The summed E-state index contributed by atoms with van der Waals surface area (Å²) in [6, 6.07) is 61.0. The Balaban J connectivity index is 1.11. The second-order valence-electron chi connectivity index (χ2n) is 11.7. The Morgan fingerprint density at radius 1 is 0.435 bits per heavy atom. The van der Waals surface area contributed by atoms with E-state index in [0.717, 1.165) is 17.8 Å². The van der Waals surface area contributed by atoms with Crippen molar-refractivity contribution in [2.45, 2.75) is 12.5 Å². The van der Waals surface area contributed by atoms with Gasteiger partial charge in [-0.05, 0) is 76.9 Å². The molecule has 2 heteroatoms. The van der Waals surface area contributed by atoms with Gasteiger partial charge in [0.2, 0.25) is 0 Å². The van der Waals surface area contributed by atoms with Crippen molar-refractivity contribution in [3.8, 4) is 0 Å². The van der Waals surface area contributed by atoms with Gasteiger partial charge in [-0.15, -0.1) is 0 Å². The number of anilines is 5. The number of benzene rings is 7. The molecular formula is C44H34N2. The van der Waals surface area contributed by atoms with Crippen LogP contribution in [0.5, 0.6) is 0 Å². The van der Waals surface area contributed by atoms with Crippen molar-refractivity contribution >= 4 is 55.6 Å². The Bertz CT molecular complexity index is 2170. The molecule has 7 aromatic carbocycles. The highest BCUT2D eigenvalue weighted by molar-refractivity contribution is 5.99. The van der Waals surface area contributed by atoms with Crippen LogP contribution >= 0.6 is 0 Å². The van der Waals surface area contributed by atoms with Gasteiger partial charge in [0.15, 0.2) is 0 Å². The molecule has 0 spiro atoms. The van der Waals surface area contributed by atoms with Crippen LogP contribution in [0.25, 0.3) is 27.1 Å². The molecule has 0 fully saturated rings. The number of fused-ring (bicyclic) bond motifs is 2. The summed E-state index contributed by atoms with van der Waals surface area (Å²) in [5, 5.41) is 4.99. The first-order valence-corrected chi connectivity index (χ1v) is 16.0. The third kappa shape index (κ3) is 5.25. The van der Waals surface area contributed by atoms with Crippen molar-refractivity contribution in [1.82, 2.24) is 0 Å². The first kappa shape index (κ1) is 27.7. The molecule has 0 heterocycles. The SMILES string of the molecule is C1=CC(N(c2ccccc2)c2cccc3ccccc23)CC=C1c1ccc(N(c2ccccc2)c2cccc3ccccc23)cc1. The molecular weight excluding hydrogens is 556 g/mol. The zero-order chi connectivity index (χ0) is 30.7. The van der Waals surface area contributed by atoms with Gasteiger partial charge in [0.1, 0.15) is 0 Å². The Labute approximate surface area is 270 Å². The number of nitrogens with zero attached hydrogens (tertiary/aromatic N) is 2. The number of hydrogen-bond donors (Lipinski definition) is 0. The molecule has 1 aliphatic rings. The number of allylic oxidation sites excluding steroid dienone is 2. The molecule has 0 saturated heterocycles. The molecule has 0 N–H and O–H groups in total. The zero-order valence-electron chi connectivity index (χ0n) is 25.6. The summed E-state index contributed by atoms with van der Waals surface area (Å²) < 4.78 is 0. The highest BCUT2D eigenvalue weighted by Gasteiger charge is 2.22. The van der Waals surface area contributed by atoms with Crippen molar-refractivity contribution in [3.05, 3.63) is 194 Å². The summed E-state index contributed by atoms with van der Waals surface area (Å²) in [5.41, 5.74) is 8.35. The normalized spacial score (nSPS) is 14.3. The number of hydrogen-bond acceptors (Lipinski definition) is 2. The van der Waals surface area contributed by atoms with Gasteiger partial charge < -0.3 is 9.80 Å². The lowest BCUT2D eigenvalue weighted by Gasteiger charge is -2.34. The molecule has 7 aromatic rings. The monoisotopic (exact) mass is 590 g/mol. The standard InChI is InChI=1S/C44H34N2/c1-3-17-37(18-4-1)45(43-23-11-15-35-13-7-9-21-41(35)43)39-29-25-33(26-30-39)34-27-31-40(32-28-34)46(38-19-5-2-6-20-38)44-24-12-16-36-14-8-10-22-42(36)44/h1-31,40H,32H2. The molecule has 0 saturated carbocycles. The van der Waals surface area contributed by atoms with E-state index in [1.807, 2.05) is 0 Å². The van der Waals surface area contributed by atoms with Gasteiger partial charge in [-0.2, -0.15) is 0 Å². The fourth-order valence-corrected chi connectivity index (χ4v) is 6.74. The minimum absolute atomic E-state index is 0.205. The first-order chi connectivity index (χ1) is 22.8. The highest BCUT2D eigenvalue weighted by Crippen LogP contribution is 2.40. The lowest BCUT2D eigenvalue weighted by Crippen LogP contribution is -2.30. The molecule has 1 atom stereocenters. The Kier molecular flexibility index (Phi) is 7.38. The predicted octanol–water partition coefficient (Wildman–Crippen LogP) is 12.0. The lowest BCUT2D eigenvalue weighted by atomic mass is 9.94. The van der Waals surface area contributed by atoms with Gasteiger partial charge in [0.05, 0.1) is 11.7 Å². The van der Waals surface area contributed by atoms with E-state index in [1.54, 1.807) is 0 Å². The highest BCUT2D eigenvalue weighted by atomic mass is 15.2. The van der Waals surface area contributed by atoms with Crippen LogP contribution < -0.4 is 9.80 Å².